The van der Waals surface area contributed by atoms with Crippen LogP contribution in [0.2, 0.25) is 0 Å². The fourth-order valence-electron chi connectivity index (χ4n) is 3.38. The van der Waals surface area contributed by atoms with E-state index < -0.39 is 17.9 Å². The topological polar surface area (TPSA) is 102 Å². The average Bonchev–Trinajstić information content (AvgIpc) is 3.11. The van der Waals surface area contributed by atoms with Crippen LogP contribution in [0.5, 0.6) is 5.75 Å². The van der Waals surface area contributed by atoms with Crippen molar-refractivity contribution in [2.45, 2.75) is 25.5 Å². The first-order chi connectivity index (χ1) is 14.9. The van der Waals surface area contributed by atoms with E-state index in [0.29, 0.717) is 18.7 Å². The molecule has 10 heteroatoms. The Morgan fingerprint density at radius 1 is 1.19 bits per heavy atom. The summed E-state index contributed by atoms with van der Waals surface area (Å²) >= 11 is 0. The van der Waals surface area contributed by atoms with Crippen LogP contribution in [0, 0.1) is 12.7 Å². The number of benzene rings is 1. The maximum atomic E-state index is 14.1. The SMILES string of the molecule is COCC1C[C@@H](Oc2cc(F)cc(NC(=O)Nc3ccc(C)nc3)c2)CN1C(=O)OC. The molecule has 2 N–H and O–H groups in total. The third-order valence-electron chi connectivity index (χ3n) is 4.75. The summed E-state index contributed by atoms with van der Waals surface area (Å²) in [7, 11) is 2.86. The second kappa shape index (κ2) is 10.1. The number of rotatable bonds is 6. The Morgan fingerprint density at radius 3 is 2.65 bits per heavy atom. The number of aromatic nitrogens is 1. The summed E-state index contributed by atoms with van der Waals surface area (Å²) in [5.74, 6) is -0.332. The van der Waals surface area contributed by atoms with E-state index >= 15 is 0 Å². The van der Waals surface area contributed by atoms with Crippen LogP contribution in [0.4, 0.5) is 25.4 Å². The van der Waals surface area contributed by atoms with Crippen LogP contribution in [-0.4, -0.2) is 61.5 Å². The van der Waals surface area contributed by atoms with E-state index in [-0.39, 0.29) is 30.1 Å². The fourth-order valence-corrected chi connectivity index (χ4v) is 3.38. The Bertz CT molecular complexity index is 924. The molecule has 1 fully saturated rings. The van der Waals surface area contributed by atoms with Gasteiger partial charge < -0.3 is 24.8 Å². The van der Waals surface area contributed by atoms with Gasteiger partial charge in [-0.25, -0.2) is 14.0 Å². The zero-order valence-electron chi connectivity index (χ0n) is 17.6. The van der Waals surface area contributed by atoms with Gasteiger partial charge in [0.1, 0.15) is 17.7 Å². The van der Waals surface area contributed by atoms with Crippen molar-refractivity contribution in [1.29, 1.82) is 0 Å². The molecule has 166 valence electrons. The van der Waals surface area contributed by atoms with Gasteiger partial charge in [-0.2, -0.15) is 0 Å². The number of carbonyl (C=O) groups is 2. The number of carbonyl (C=O) groups excluding carboxylic acids is 2. The molecule has 1 unspecified atom stereocenters. The first-order valence-electron chi connectivity index (χ1n) is 9.69. The molecule has 1 aliphatic heterocycles. The van der Waals surface area contributed by atoms with Gasteiger partial charge in [-0.15, -0.1) is 0 Å². The van der Waals surface area contributed by atoms with E-state index in [2.05, 4.69) is 15.6 Å². The van der Waals surface area contributed by atoms with Crippen LogP contribution in [0.3, 0.4) is 0 Å². The number of hydrogen-bond donors (Lipinski definition) is 2. The highest BCUT2D eigenvalue weighted by Gasteiger charge is 2.37. The molecule has 1 saturated heterocycles. The molecule has 0 saturated carbocycles. The lowest BCUT2D eigenvalue weighted by molar-refractivity contribution is 0.0866. The molecular weight excluding hydrogens is 407 g/mol. The van der Waals surface area contributed by atoms with Crippen molar-refractivity contribution in [1.82, 2.24) is 9.88 Å². The number of amides is 3. The minimum Gasteiger partial charge on any atom is -0.488 e. The van der Waals surface area contributed by atoms with Gasteiger partial charge >= 0.3 is 12.1 Å². The summed E-state index contributed by atoms with van der Waals surface area (Å²) in [6.45, 7) is 2.45. The van der Waals surface area contributed by atoms with E-state index in [1.807, 2.05) is 6.92 Å². The van der Waals surface area contributed by atoms with E-state index in [9.17, 15) is 14.0 Å². The predicted molar refractivity (Wildman–Crippen MR) is 112 cm³/mol. The van der Waals surface area contributed by atoms with Gasteiger partial charge in [-0.05, 0) is 25.1 Å². The van der Waals surface area contributed by atoms with Crippen molar-refractivity contribution in [3.63, 3.8) is 0 Å². The molecular formula is C21H25FN4O5. The quantitative estimate of drug-likeness (QED) is 0.725. The summed E-state index contributed by atoms with van der Waals surface area (Å²) < 4.78 is 30.0. The Kier molecular flexibility index (Phi) is 7.24. The van der Waals surface area contributed by atoms with Crippen molar-refractivity contribution >= 4 is 23.5 Å². The lowest BCUT2D eigenvalue weighted by atomic mass is 10.2. The minimum absolute atomic E-state index is 0.206. The molecule has 0 aliphatic carbocycles. The number of urea groups is 1. The smallest absolute Gasteiger partial charge is 0.409 e. The van der Waals surface area contributed by atoms with Gasteiger partial charge in [0.05, 0.1) is 38.2 Å². The molecule has 0 radical (unpaired) electrons. The molecule has 1 aromatic carbocycles. The maximum Gasteiger partial charge on any atom is 0.409 e. The van der Waals surface area contributed by atoms with Gasteiger partial charge in [-0.3, -0.25) is 9.88 Å². The molecule has 0 spiro atoms. The monoisotopic (exact) mass is 432 g/mol. The molecule has 9 nitrogen and oxygen atoms in total. The summed E-state index contributed by atoms with van der Waals surface area (Å²) in [4.78, 5) is 29.8. The highest BCUT2D eigenvalue weighted by Crippen LogP contribution is 2.27. The lowest BCUT2D eigenvalue weighted by Gasteiger charge is -2.21. The number of methoxy groups -OCH3 is 2. The van der Waals surface area contributed by atoms with Crippen molar-refractivity contribution in [3.8, 4) is 5.75 Å². The Balaban J connectivity index is 1.64. The molecule has 1 aliphatic rings. The van der Waals surface area contributed by atoms with Gasteiger partial charge in [0.25, 0.3) is 0 Å². The molecule has 2 heterocycles. The Labute approximate surface area is 179 Å². The number of pyridine rings is 1. The normalized spacial score (nSPS) is 17.9. The average molecular weight is 432 g/mol. The third-order valence-corrected chi connectivity index (χ3v) is 4.75. The minimum atomic E-state index is -0.568. The fraction of sp³-hybridized carbons (Fsp3) is 0.381. The van der Waals surface area contributed by atoms with Crippen LogP contribution in [0.1, 0.15) is 12.1 Å². The number of nitrogens with zero attached hydrogens (tertiary/aromatic N) is 2. The number of nitrogens with one attached hydrogen (secondary N) is 2. The molecule has 31 heavy (non-hydrogen) atoms. The summed E-state index contributed by atoms with van der Waals surface area (Å²) in [5.41, 5.74) is 1.56. The number of hydrogen-bond acceptors (Lipinski definition) is 6. The van der Waals surface area contributed by atoms with E-state index in [1.54, 1.807) is 19.2 Å². The van der Waals surface area contributed by atoms with Crippen LogP contribution in [-0.2, 0) is 9.47 Å². The second-order valence-corrected chi connectivity index (χ2v) is 7.15. The van der Waals surface area contributed by atoms with Gasteiger partial charge in [0, 0.05) is 37.0 Å². The van der Waals surface area contributed by atoms with Gasteiger partial charge in [-0.1, -0.05) is 0 Å². The zero-order chi connectivity index (χ0) is 22.4. The number of aryl methyl sites for hydroxylation is 1. The second-order valence-electron chi connectivity index (χ2n) is 7.15. The predicted octanol–water partition coefficient (Wildman–Crippen LogP) is 3.41. The highest BCUT2D eigenvalue weighted by molar-refractivity contribution is 5.99. The zero-order valence-corrected chi connectivity index (χ0v) is 17.6. The number of likely N-dealkylation sites (tertiary alicyclic amines) is 1. The molecule has 1 aromatic heterocycles. The highest BCUT2D eigenvalue weighted by atomic mass is 19.1. The van der Waals surface area contributed by atoms with Crippen LogP contribution in [0.15, 0.2) is 36.5 Å². The third kappa shape index (κ3) is 6.05. The molecule has 0 bridgehead atoms. The molecule has 2 aromatic rings. The van der Waals surface area contributed by atoms with E-state index in [0.717, 1.165) is 5.69 Å². The van der Waals surface area contributed by atoms with Gasteiger partial charge in [0.15, 0.2) is 0 Å². The summed E-state index contributed by atoms with van der Waals surface area (Å²) in [6, 6.07) is 6.65. The van der Waals surface area contributed by atoms with Gasteiger partial charge in [0.2, 0.25) is 0 Å². The Hall–Kier alpha value is -3.40. The first kappa shape index (κ1) is 22.3. The van der Waals surface area contributed by atoms with E-state index in [4.69, 9.17) is 14.2 Å². The first-order valence-corrected chi connectivity index (χ1v) is 9.69. The standard InChI is InChI=1S/C21H25FN4O5/c1-13-4-5-15(10-23-13)24-20(27)25-16-6-14(22)7-18(8-16)31-19-9-17(12-29-2)26(11-19)21(28)30-3/h4-8,10,17,19H,9,11-12H2,1-3H3,(H2,24,25,27)/t17?,19-/m1/s1. The number of halogens is 1. The van der Waals surface area contributed by atoms with Crippen LogP contribution in [0.25, 0.3) is 0 Å². The van der Waals surface area contributed by atoms with Crippen molar-refractivity contribution in [2.75, 3.05) is 38.0 Å². The van der Waals surface area contributed by atoms with E-state index in [1.165, 1.54) is 36.4 Å². The number of ether oxygens (including phenoxy) is 3. The lowest BCUT2D eigenvalue weighted by Crippen LogP contribution is -2.38. The molecule has 3 rings (SSSR count). The largest absolute Gasteiger partial charge is 0.488 e. The van der Waals surface area contributed by atoms with Crippen LogP contribution >= 0.6 is 0 Å². The summed E-state index contributed by atoms with van der Waals surface area (Å²) in [6.07, 6.45) is 1.18. The number of anilines is 2. The van der Waals surface area contributed by atoms with Crippen molar-refractivity contribution in [3.05, 3.63) is 48.0 Å². The van der Waals surface area contributed by atoms with Crippen molar-refractivity contribution in [2.24, 2.45) is 0 Å². The summed E-state index contributed by atoms with van der Waals surface area (Å²) in [5, 5.41) is 5.20. The molecule has 2 atom stereocenters. The van der Waals surface area contributed by atoms with Crippen molar-refractivity contribution < 1.29 is 28.2 Å². The van der Waals surface area contributed by atoms with Crippen LogP contribution < -0.4 is 15.4 Å². The Morgan fingerprint density at radius 2 is 1.97 bits per heavy atom. The molecule has 3 amide bonds. The maximum absolute atomic E-state index is 14.1.